The van der Waals surface area contributed by atoms with Crippen molar-refractivity contribution >= 4 is 46.8 Å². The highest BCUT2D eigenvalue weighted by atomic mass is 32.1. The zero-order valence-corrected chi connectivity index (χ0v) is 37.8. The quantitative estimate of drug-likeness (QED) is 0.0928. The summed E-state index contributed by atoms with van der Waals surface area (Å²) in [6.45, 7) is 11.5. The highest BCUT2D eigenvalue weighted by Crippen LogP contribution is 2.28. The van der Waals surface area contributed by atoms with Crippen LogP contribution in [0.2, 0.25) is 0 Å². The number of amides is 5. The van der Waals surface area contributed by atoms with Crippen LogP contribution < -0.4 is 21.3 Å². The second-order valence-electron chi connectivity index (χ2n) is 17.4. The number of benzene rings is 2. The predicted octanol–water partition coefficient (Wildman–Crippen LogP) is 5.85. The molecule has 15 heteroatoms. The maximum atomic E-state index is 14.3. The Morgan fingerprint density at radius 2 is 1.47 bits per heavy atom. The van der Waals surface area contributed by atoms with E-state index >= 15 is 0 Å². The van der Waals surface area contributed by atoms with Gasteiger partial charge in [0.2, 0.25) is 11.8 Å². The van der Waals surface area contributed by atoms with Crippen LogP contribution in [-0.4, -0.2) is 106 Å². The van der Waals surface area contributed by atoms with Crippen LogP contribution in [0.3, 0.4) is 0 Å². The first-order valence-corrected chi connectivity index (χ1v) is 23.1. The number of piperidine rings is 1. The number of aromatic nitrogens is 1. The normalized spacial score (nSPS) is 18.5. The van der Waals surface area contributed by atoms with Crippen LogP contribution in [0.15, 0.2) is 60.0 Å². The molecule has 14 nitrogen and oxygen atoms in total. The van der Waals surface area contributed by atoms with Crippen molar-refractivity contribution in [1.82, 2.24) is 36.1 Å². The number of hydrogen-bond acceptors (Lipinski definition) is 9. The fraction of sp³-hybridized carbons (Fsp3) is 0.553. The zero-order chi connectivity index (χ0) is 44.9. The van der Waals surface area contributed by atoms with Crippen LogP contribution in [0.5, 0.6) is 0 Å². The zero-order valence-electron chi connectivity index (χ0n) is 37.0. The van der Waals surface area contributed by atoms with Gasteiger partial charge in [-0.2, -0.15) is 0 Å². The largest absolute Gasteiger partial charge is 0.481 e. The molecule has 0 bridgehead atoms. The molecule has 62 heavy (non-hydrogen) atoms. The van der Waals surface area contributed by atoms with Crippen LogP contribution in [0, 0.1) is 17.8 Å². The van der Waals surface area contributed by atoms with Crippen molar-refractivity contribution in [2.45, 2.75) is 123 Å². The molecule has 0 saturated carbocycles. The number of nitrogens with one attached hydrogen (secondary N) is 4. The lowest BCUT2D eigenvalue weighted by Gasteiger charge is -2.34. The molecule has 2 saturated heterocycles. The summed E-state index contributed by atoms with van der Waals surface area (Å²) >= 11 is 1.19. The highest BCUT2D eigenvalue weighted by molar-refractivity contribution is 7.09. The van der Waals surface area contributed by atoms with Gasteiger partial charge in [-0.15, -0.1) is 11.3 Å². The number of carboxylic acid groups (broad SMARTS) is 1. The summed E-state index contributed by atoms with van der Waals surface area (Å²) in [6, 6.07) is 13.3. The molecular formula is C47H65N7O7S. The standard InChI is InChI=1S/C47H65N7O7S/c1-7-30(4)40(52-43(57)39-21-13-14-22-53(39)6)44(58)49-36(29(2)3)27-37(50-41(55)34-19-11-12-20-35(34)46(59)54-23-15-16-24-54)45-51-38(28-62-45)42(56)48-33(25-31(5)47(60)61)26-32-17-9-8-10-18-32/h8-12,17-20,28-31,33,36-37,39-40H,7,13-16,21-27H2,1-6H3,(H,48,56)(H,49,58)(H,50,55)(H,52,57)(H,60,61). The lowest BCUT2D eigenvalue weighted by atomic mass is 9.93. The number of rotatable bonds is 20. The summed E-state index contributed by atoms with van der Waals surface area (Å²) in [6.07, 6.45) is 5.95. The number of likely N-dealkylation sites (N-methyl/N-ethyl adjacent to an activating group) is 1. The Hall–Kier alpha value is -5.15. The number of carboxylic acids is 1. The molecule has 5 rings (SSSR count). The van der Waals surface area contributed by atoms with Crippen LogP contribution in [0.4, 0.5) is 0 Å². The average molecular weight is 872 g/mol. The number of carbonyl (C=O) groups excluding carboxylic acids is 5. The van der Waals surface area contributed by atoms with E-state index in [1.54, 1.807) is 41.5 Å². The summed E-state index contributed by atoms with van der Waals surface area (Å²) in [5.74, 6) is -3.65. The third-order valence-electron chi connectivity index (χ3n) is 12.4. The van der Waals surface area contributed by atoms with E-state index in [9.17, 15) is 33.9 Å². The summed E-state index contributed by atoms with van der Waals surface area (Å²) in [4.78, 5) is 90.0. The van der Waals surface area contributed by atoms with Crippen molar-refractivity contribution in [3.8, 4) is 0 Å². The molecule has 2 fully saturated rings. The SMILES string of the molecule is CCC(C)C(NC(=O)C1CCCCN1C)C(=O)NC(CC(NC(=O)c1ccccc1C(=O)N1CCCC1)c1nc(C(=O)NC(Cc2ccccc2)CC(C)C(=O)O)cs1)C(C)C. The number of likely N-dealkylation sites (tertiary alicyclic amines) is 2. The summed E-state index contributed by atoms with van der Waals surface area (Å²) in [5, 5.41) is 24.1. The number of thiazole rings is 1. The Morgan fingerprint density at radius 1 is 0.806 bits per heavy atom. The minimum Gasteiger partial charge on any atom is -0.481 e. The predicted molar refractivity (Wildman–Crippen MR) is 240 cm³/mol. The summed E-state index contributed by atoms with van der Waals surface area (Å²) in [5.41, 5.74) is 1.54. The van der Waals surface area contributed by atoms with Gasteiger partial charge < -0.3 is 31.3 Å². The number of aliphatic carboxylic acids is 1. The van der Waals surface area contributed by atoms with E-state index < -0.39 is 47.9 Å². The molecule has 336 valence electrons. The third kappa shape index (κ3) is 12.9. The second-order valence-corrected chi connectivity index (χ2v) is 18.3. The fourth-order valence-electron chi connectivity index (χ4n) is 8.23. The van der Waals surface area contributed by atoms with Crippen LogP contribution in [-0.2, 0) is 20.8 Å². The first-order valence-electron chi connectivity index (χ1n) is 22.2. The lowest BCUT2D eigenvalue weighted by Crippen LogP contribution is -2.57. The molecule has 7 unspecified atom stereocenters. The van der Waals surface area contributed by atoms with Gasteiger partial charge >= 0.3 is 5.97 Å². The molecule has 0 aliphatic carbocycles. The summed E-state index contributed by atoms with van der Waals surface area (Å²) < 4.78 is 0. The third-order valence-corrected chi connectivity index (χ3v) is 13.3. The first kappa shape index (κ1) is 47.9. The van der Waals surface area contributed by atoms with Gasteiger partial charge in [-0.1, -0.05) is 89.9 Å². The highest BCUT2D eigenvalue weighted by Gasteiger charge is 2.35. The second kappa shape index (κ2) is 22.8. The maximum absolute atomic E-state index is 14.3. The number of nitrogens with zero attached hydrogens (tertiary/aromatic N) is 3. The smallest absolute Gasteiger partial charge is 0.306 e. The van der Waals surface area contributed by atoms with Gasteiger partial charge in [-0.25, -0.2) is 4.98 Å². The van der Waals surface area contributed by atoms with E-state index in [1.165, 1.54) is 11.3 Å². The van der Waals surface area contributed by atoms with E-state index in [-0.39, 0.29) is 65.3 Å². The molecule has 2 aromatic carbocycles. The first-order chi connectivity index (χ1) is 29.7. The average Bonchev–Trinajstić information content (AvgIpc) is 3.99. The monoisotopic (exact) mass is 871 g/mol. The van der Waals surface area contributed by atoms with Crippen molar-refractivity contribution in [3.63, 3.8) is 0 Å². The molecule has 2 aliphatic heterocycles. The van der Waals surface area contributed by atoms with Crippen molar-refractivity contribution in [2.24, 2.45) is 17.8 Å². The fourth-order valence-corrected chi connectivity index (χ4v) is 9.09. The Bertz CT molecular complexity index is 2000. The van der Waals surface area contributed by atoms with Gasteiger partial charge in [-0.3, -0.25) is 33.7 Å². The van der Waals surface area contributed by atoms with E-state index in [0.29, 0.717) is 30.9 Å². The molecular weight excluding hydrogens is 807 g/mol. The molecule has 3 heterocycles. The lowest BCUT2D eigenvalue weighted by molar-refractivity contribution is -0.141. The van der Waals surface area contributed by atoms with Crippen LogP contribution in [0.25, 0.3) is 0 Å². The van der Waals surface area contributed by atoms with Gasteiger partial charge in [-0.05, 0) is 88.1 Å². The molecule has 1 aromatic heterocycles. The topological polar surface area (TPSA) is 190 Å². The number of hydrogen-bond donors (Lipinski definition) is 5. The van der Waals surface area contributed by atoms with Gasteiger partial charge in [0.15, 0.2) is 0 Å². The Morgan fingerprint density at radius 3 is 2.11 bits per heavy atom. The minimum absolute atomic E-state index is 0.104. The molecule has 0 radical (unpaired) electrons. The minimum atomic E-state index is -0.961. The van der Waals surface area contributed by atoms with Crippen molar-refractivity contribution < 1.29 is 33.9 Å². The molecule has 5 amide bonds. The Labute approximate surface area is 370 Å². The van der Waals surface area contributed by atoms with Gasteiger partial charge in [0.1, 0.15) is 16.7 Å². The summed E-state index contributed by atoms with van der Waals surface area (Å²) in [7, 11) is 1.93. The van der Waals surface area contributed by atoms with Gasteiger partial charge in [0.25, 0.3) is 17.7 Å². The van der Waals surface area contributed by atoms with Gasteiger partial charge in [0.05, 0.1) is 29.1 Å². The van der Waals surface area contributed by atoms with E-state index in [2.05, 4.69) is 21.3 Å². The van der Waals surface area contributed by atoms with E-state index in [1.807, 2.05) is 70.0 Å². The van der Waals surface area contributed by atoms with Crippen LogP contribution >= 0.6 is 11.3 Å². The molecule has 3 aromatic rings. The van der Waals surface area contributed by atoms with Crippen molar-refractivity contribution in [1.29, 1.82) is 0 Å². The maximum Gasteiger partial charge on any atom is 0.306 e. The number of carbonyl (C=O) groups is 6. The molecule has 2 aliphatic rings. The molecule has 7 atom stereocenters. The van der Waals surface area contributed by atoms with Crippen molar-refractivity contribution in [2.75, 3.05) is 26.7 Å². The molecule has 0 spiro atoms. The van der Waals surface area contributed by atoms with Gasteiger partial charge in [0, 0.05) is 30.6 Å². The Balaban J connectivity index is 1.42. The van der Waals surface area contributed by atoms with Crippen LogP contribution in [0.1, 0.15) is 134 Å². The van der Waals surface area contributed by atoms with E-state index in [0.717, 1.165) is 44.2 Å². The molecule has 5 N–H and O–H groups in total. The Kier molecular flexibility index (Phi) is 17.6. The van der Waals surface area contributed by atoms with Crippen molar-refractivity contribution in [3.05, 3.63) is 87.4 Å². The van der Waals surface area contributed by atoms with E-state index in [4.69, 9.17) is 4.98 Å².